The van der Waals surface area contributed by atoms with Crippen LogP contribution in [0.2, 0.25) is 0 Å². The number of Topliss-reactive ketones (excluding diaryl/α,β-unsaturated/α-hetero) is 1. The topological polar surface area (TPSA) is 74.3 Å². The Morgan fingerprint density at radius 1 is 0.912 bits per heavy atom. The van der Waals surface area contributed by atoms with Crippen LogP contribution in [0.3, 0.4) is 0 Å². The molecule has 1 saturated heterocycles. The molecule has 2 aliphatic carbocycles. The van der Waals surface area contributed by atoms with Crippen LogP contribution in [0.4, 0.5) is 0 Å². The fraction of sp³-hybridized carbons (Fsp3) is 0.532. The number of ether oxygens (including phenoxy) is 4. The summed E-state index contributed by atoms with van der Waals surface area (Å²) in [6.07, 6.45) is 12.6. The van der Waals surface area contributed by atoms with Gasteiger partial charge in [-0.05, 0) is 106 Å². The van der Waals surface area contributed by atoms with Crippen molar-refractivity contribution in [2.24, 2.45) is 5.92 Å². The number of thioether (sulfide) groups is 2. The first-order valence-electron chi connectivity index (χ1n) is 20.8. The van der Waals surface area contributed by atoms with Crippen molar-refractivity contribution in [3.05, 3.63) is 105 Å². The summed E-state index contributed by atoms with van der Waals surface area (Å²) >= 11 is 7.92. The molecule has 7 nitrogen and oxygen atoms in total. The summed E-state index contributed by atoms with van der Waals surface area (Å²) in [5, 5.41) is 0.583. The number of carbonyl (C=O) groups is 2. The monoisotopic (exact) mass is 877 g/mol. The van der Waals surface area contributed by atoms with E-state index in [1.54, 1.807) is 14.2 Å². The van der Waals surface area contributed by atoms with Crippen LogP contribution in [0.25, 0.3) is 0 Å². The van der Waals surface area contributed by atoms with Crippen LogP contribution in [0, 0.1) is 5.92 Å². The number of likely N-dealkylation sites (tertiary alicyclic amines) is 1. The summed E-state index contributed by atoms with van der Waals surface area (Å²) in [5.41, 5.74) is 4.75. The van der Waals surface area contributed by atoms with Gasteiger partial charge in [0.1, 0.15) is 0 Å². The number of ketones is 1. The van der Waals surface area contributed by atoms with E-state index in [0.29, 0.717) is 42.8 Å². The fourth-order valence-electron chi connectivity index (χ4n) is 8.89. The lowest BCUT2D eigenvalue weighted by molar-refractivity contribution is -0.143. The molecule has 2 unspecified atom stereocenters. The number of rotatable bonds is 23. The fourth-order valence-corrected chi connectivity index (χ4v) is 11.9. The summed E-state index contributed by atoms with van der Waals surface area (Å²) in [6.45, 7) is 1.94. The smallest absolute Gasteiger partial charge is 0.305 e. The average molecular weight is 879 g/mol. The molecule has 0 N–H and O–H groups in total. The molecule has 1 heterocycles. The second-order valence-electron chi connectivity index (χ2n) is 15.7. The summed E-state index contributed by atoms with van der Waals surface area (Å²) in [6, 6.07) is 23.7. The molecule has 4 atom stereocenters. The molecule has 0 amide bonds. The van der Waals surface area contributed by atoms with Gasteiger partial charge >= 0.3 is 5.97 Å². The number of hydrogen-bond acceptors (Lipinski definition) is 9. The first-order chi connectivity index (χ1) is 27.8. The molecule has 0 radical (unpaired) electrons. The van der Waals surface area contributed by atoms with Gasteiger partial charge in [0.25, 0.3) is 0 Å². The molecular formula is C47H60BrNO6S2. The first-order valence-corrected chi connectivity index (χ1v) is 23.8. The molecule has 6 rings (SSSR count). The Hall–Kier alpha value is -2.92. The molecule has 3 aromatic rings. The van der Waals surface area contributed by atoms with Crippen molar-refractivity contribution in [1.82, 2.24) is 4.90 Å². The number of unbranched alkanes of at least 4 members (excludes halogenated alkanes) is 4. The van der Waals surface area contributed by atoms with E-state index in [4.69, 9.17) is 18.9 Å². The van der Waals surface area contributed by atoms with Gasteiger partial charge in [0.2, 0.25) is 0 Å². The van der Waals surface area contributed by atoms with Crippen LogP contribution >= 0.6 is 39.5 Å². The van der Waals surface area contributed by atoms with E-state index in [0.717, 1.165) is 97.4 Å². The molecule has 3 aliphatic rings. The van der Waals surface area contributed by atoms with Gasteiger partial charge in [0, 0.05) is 57.0 Å². The van der Waals surface area contributed by atoms with Gasteiger partial charge in [-0.3, -0.25) is 9.59 Å². The molecule has 308 valence electrons. The Morgan fingerprint density at radius 2 is 1.63 bits per heavy atom. The molecule has 0 aromatic heterocycles. The lowest BCUT2D eigenvalue weighted by Crippen LogP contribution is -2.60. The van der Waals surface area contributed by atoms with E-state index < -0.39 is 0 Å². The minimum Gasteiger partial charge on any atom is -0.493 e. The highest BCUT2D eigenvalue weighted by atomic mass is 79.9. The minimum atomic E-state index is -0.356. The molecule has 10 heteroatoms. The zero-order valence-corrected chi connectivity index (χ0v) is 37.2. The van der Waals surface area contributed by atoms with Gasteiger partial charge in [-0.15, -0.1) is 0 Å². The highest BCUT2D eigenvalue weighted by Crippen LogP contribution is 2.59. The van der Waals surface area contributed by atoms with Crippen LogP contribution in [0.1, 0.15) is 92.9 Å². The molecule has 57 heavy (non-hydrogen) atoms. The summed E-state index contributed by atoms with van der Waals surface area (Å²) in [5.74, 6) is 5.31. The van der Waals surface area contributed by atoms with Gasteiger partial charge in [0.05, 0.1) is 27.4 Å². The standard InChI is InChI=1S/C47H60BrNO6S2/c1-49-24-23-47-31-41(50)42(52-2)29-38(47)40(49)28-37-39(48)30-43(53-3)46(45(37)47)55-26-15-5-4-14-25-54-44(51)21-13-12-20-36(57-33-35-18-10-7-11-19-35)22-27-56-32-34-16-8-6-9-17-34/h6-11,16-19,29-30,36,38,40H,4-5,12-15,20-28,31-33H2,1-3H3/t36?,38?,40-,47+/m0/s1. The van der Waals surface area contributed by atoms with Crippen LogP contribution in [-0.2, 0) is 42.4 Å². The number of methoxy groups -OCH3 is 2. The summed E-state index contributed by atoms with van der Waals surface area (Å²) in [7, 11) is 5.46. The number of likely N-dealkylation sites (N-methyl/N-ethyl adjacent to an activating group) is 1. The number of hydrogen-bond donors (Lipinski definition) is 0. The molecule has 0 spiro atoms. The van der Waals surface area contributed by atoms with Gasteiger partial charge in [0.15, 0.2) is 23.0 Å². The number of carbonyl (C=O) groups excluding carboxylic acids is 2. The van der Waals surface area contributed by atoms with Crippen LogP contribution in [0.5, 0.6) is 11.5 Å². The Kier molecular flexibility index (Phi) is 16.8. The third kappa shape index (κ3) is 11.4. The largest absolute Gasteiger partial charge is 0.493 e. The number of esters is 1. The minimum absolute atomic E-state index is 0.0535. The Morgan fingerprint density at radius 3 is 2.35 bits per heavy atom. The molecule has 3 aromatic carbocycles. The van der Waals surface area contributed by atoms with Gasteiger partial charge < -0.3 is 23.8 Å². The van der Waals surface area contributed by atoms with Gasteiger partial charge in [-0.1, -0.05) is 83.0 Å². The Labute approximate surface area is 357 Å². The maximum Gasteiger partial charge on any atom is 0.305 e. The predicted molar refractivity (Wildman–Crippen MR) is 237 cm³/mol. The number of piperidine rings is 1. The lowest BCUT2D eigenvalue weighted by atomic mass is 9.53. The van der Waals surface area contributed by atoms with Gasteiger partial charge in [-0.25, -0.2) is 0 Å². The van der Waals surface area contributed by atoms with Crippen molar-refractivity contribution in [3.63, 3.8) is 0 Å². The summed E-state index contributed by atoms with van der Waals surface area (Å²) in [4.78, 5) is 28.4. The highest BCUT2D eigenvalue weighted by molar-refractivity contribution is 9.10. The van der Waals surface area contributed by atoms with Crippen molar-refractivity contribution >= 4 is 51.2 Å². The van der Waals surface area contributed by atoms with E-state index in [2.05, 4.69) is 106 Å². The van der Waals surface area contributed by atoms with Crippen molar-refractivity contribution in [2.75, 3.05) is 46.8 Å². The number of halogens is 1. The number of fused-ring (bicyclic) bond motifs is 1. The second kappa shape index (κ2) is 21.9. The number of allylic oxidation sites excluding steroid dienone is 1. The molecule has 1 aliphatic heterocycles. The van der Waals surface area contributed by atoms with E-state index in [1.807, 2.05) is 17.8 Å². The van der Waals surface area contributed by atoms with Gasteiger partial charge in [-0.2, -0.15) is 23.5 Å². The van der Waals surface area contributed by atoms with Crippen molar-refractivity contribution < 1.29 is 28.5 Å². The zero-order chi connectivity index (χ0) is 40.0. The maximum absolute atomic E-state index is 13.4. The lowest BCUT2D eigenvalue weighted by Gasteiger charge is -2.57. The molecule has 2 bridgehead atoms. The second-order valence-corrected chi connectivity index (χ2v) is 19.0. The number of benzene rings is 3. The first kappa shape index (κ1) is 43.7. The van der Waals surface area contributed by atoms with E-state index in [9.17, 15) is 9.59 Å². The van der Waals surface area contributed by atoms with Crippen molar-refractivity contribution in [2.45, 2.75) is 105 Å². The Balaban J connectivity index is 0.905. The van der Waals surface area contributed by atoms with E-state index in [1.165, 1.54) is 23.1 Å². The van der Waals surface area contributed by atoms with Crippen molar-refractivity contribution in [3.8, 4) is 11.5 Å². The van der Waals surface area contributed by atoms with E-state index >= 15 is 0 Å². The zero-order valence-electron chi connectivity index (χ0n) is 34.0. The number of nitrogens with zero attached hydrogens (tertiary/aromatic N) is 1. The quantitative estimate of drug-likeness (QED) is 0.0684. The summed E-state index contributed by atoms with van der Waals surface area (Å²) < 4.78 is 24.7. The van der Waals surface area contributed by atoms with Crippen LogP contribution in [0.15, 0.2) is 83.0 Å². The average Bonchev–Trinajstić information content (AvgIpc) is 3.23. The maximum atomic E-state index is 13.4. The van der Waals surface area contributed by atoms with Crippen LogP contribution in [-0.4, -0.2) is 74.7 Å². The van der Waals surface area contributed by atoms with E-state index in [-0.39, 0.29) is 29.1 Å². The van der Waals surface area contributed by atoms with Crippen LogP contribution < -0.4 is 9.47 Å². The third-order valence-corrected chi connectivity index (χ3v) is 15.2. The van der Waals surface area contributed by atoms with Crippen molar-refractivity contribution in [1.29, 1.82) is 0 Å². The normalized spacial score (nSPS) is 20.6. The Bertz CT molecular complexity index is 1790. The molecular weight excluding hydrogens is 819 g/mol. The third-order valence-electron chi connectivity index (χ3n) is 12.0. The molecule has 1 fully saturated rings. The SMILES string of the molecule is COC1=CC2[C@@H]3Cc4c(Br)cc(OC)c(OCCCCCCOC(=O)CCCCC(CCSCc5ccccc5)SCc5ccccc5)c4[C@]2(CCN3C)CC1=O. The molecule has 0 saturated carbocycles. The predicted octanol–water partition coefficient (Wildman–Crippen LogP) is 10.7. The highest BCUT2D eigenvalue weighted by Gasteiger charge is 2.57.